The van der Waals surface area contributed by atoms with Gasteiger partial charge in [-0.2, -0.15) is 12.6 Å². The molecule has 52 heteroatoms. The number of aliphatic hydroxyl groups excluding tert-OH is 3. The first-order valence-electron chi connectivity index (χ1n) is 39.7. The van der Waals surface area contributed by atoms with Gasteiger partial charge in [0, 0.05) is 117 Å². The number of amides is 6. The maximum absolute atomic E-state index is 12.9. The van der Waals surface area contributed by atoms with Crippen LogP contribution in [0, 0.1) is 0 Å². The number of unbranched alkanes of at least 4 members (excludes halogenated alkanes) is 7. The number of nitrogens with zero attached hydrogens (tertiary/aromatic N) is 6. The third-order valence-electron chi connectivity index (χ3n) is 19.8. The van der Waals surface area contributed by atoms with Gasteiger partial charge in [0.2, 0.25) is 35.4 Å². The van der Waals surface area contributed by atoms with Crippen LogP contribution in [0.1, 0.15) is 167 Å². The average molecular weight is 1870 g/mol. The largest absolute Gasteiger partial charge is 0.756 e. The lowest BCUT2D eigenvalue weighted by Crippen LogP contribution is -2.39. The molecule has 0 aromatic carbocycles. The van der Waals surface area contributed by atoms with Crippen molar-refractivity contribution in [1.29, 1.82) is 0 Å². The molecule has 11 N–H and O–H groups in total. The van der Waals surface area contributed by atoms with Gasteiger partial charge in [0.15, 0.2) is 0 Å². The van der Waals surface area contributed by atoms with E-state index in [2.05, 4.69) is 26.2 Å². The van der Waals surface area contributed by atoms with Crippen LogP contribution in [-0.4, -0.2) is 297 Å². The quantitative estimate of drug-likeness (QED) is 0.0175. The summed E-state index contributed by atoms with van der Waals surface area (Å²) in [5.41, 5.74) is 21.9. The lowest BCUT2D eigenvalue weighted by atomic mass is 10.1. The fraction of sp³-hybridized carbons (Fsp3) is 0.909. The SMILES string of the molecule is CCCCC(=O)N1C[C@H](O)C[C@H]1COP(=O)([O-])OC1C[C@@H](COP(=O)([O-])OC)N(C(=O)CCCCCN)C1.COP(=O)([O-])OC[C@@H]1CC(OP(=O)([O-])OC[C@@H]2C[C@@H](O)CN2C(=O)CCCS)CN1C(=O)CCCCCN.COP(=O)([O-])OC[C@@H]1CC(OP(=O)([O-])OC[C@@H]2C[C@@H](O)CN2C(=O)CCCSSCCN)CN1C(=O)CCCCCN. The molecule has 0 aromatic heterocycles. The topological polar surface area (TPSA) is 638 Å². The molecule has 0 aliphatic carbocycles. The van der Waals surface area contributed by atoms with E-state index in [-0.39, 0.29) is 165 Å². The maximum Gasteiger partial charge on any atom is 0.268 e. The molecule has 43 nitrogen and oxygen atoms in total. The van der Waals surface area contributed by atoms with Crippen molar-refractivity contribution in [3.05, 3.63) is 0 Å². The first kappa shape index (κ1) is 109. The van der Waals surface area contributed by atoms with E-state index in [4.69, 9.17) is 63.6 Å². The molecule has 118 heavy (non-hydrogen) atoms. The van der Waals surface area contributed by atoms with Crippen molar-refractivity contribution < 1.29 is 155 Å². The molecule has 6 aliphatic heterocycles. The molecule has 6 aliphatic rings. The summed E-state index contributed by atoms with van der Waals surface area (Å²) in [6.07, 6.45) is 5.36. The Bertz CT molecular complexity index is 3200. The second-order valence-electron chi connectivity index (χ2n) is 29.0. The standard InChI is InChI=1S/C23H46N4O11P2S2.C22H43N3O11P2.C21H41N3O11P2S/c1-35-39(31,32)36-17-19-13-21(15-27(19)22(29)6-3-2-4-8-24)38-40(33,34)37-16-18-12-20(28)14-26(18)23(30)7-5-10-41-42-11-9-25;1-3-4-8-21(27)24-13-19(26)11-17(24)15-35-38(31,32)36-20-12-18(16-34-37(29,30)33-2)25(14-20)22(28)9-6-5-7-10-23;1-32-36(28,29)33-15-17-11-19(13-24(17)20(26)6-3-2-4-8-22)35-37(30,31)34-14-16-10-18(25)12-23(16)21(27)7-5-9-38/h18-21,28H,2-17,24-25H2,1H3,(H,31,32)(H,33,34);17-20,26H,3-16,23H2,1-2H3,(H,29,30)(H,31,32);16-19,25,38H,2-15,22H2,1H3,(H,28,29)(H,30,31)/p-6/t18-,19-,20+,21?;17-,18-,19+,20?;16-,17-,18+,19?/m000/s1. The van der Waals surface area contributed by atoms with Gasteiger partial charge in [-0.05, 0) is 122 Å². The van der Waals surface area contributed by atoms with Crippen LogP contribution >= 0.6 is 81.2 Å². The summed E-state index contributed by atoms with van der Waals surface area (Å²) in [5.74, 6) is 0.624. The van der Waals surface area contributed by atoms with E-state index in [9.17, 15) is 101 Å². The third kappa shape index (κ3) is 41.3. The number of carbonyl (C=O) groups excluding carboxylic acids is 6. The van der Waals surface area contributed by atoms with Crippen LogP contribution in [0.3, 0.4) is 0 Å². The highest BCUT2D eigenvalue weighted by molar-refractivity contribution is 8.76. The molecule has 0 saturated carbocycles. The fourth-order valence-electron chi connectivity index (χ4n) is 13.8. The van der Waals surface area contributed by atoms with E-state index in [0.717, 1.165) is 77.8 Å². The number of hydrogen-bond donors (Lipinski definition) is 8. The second-order valence-corrected chi connectivity index (χ2v) is 40.8. The number of nitrogens with two attached hydrogens (primary N) is 4. The summed E-state index contributed by atoms with van der Waals surface area (Å²) >= 11 is 4.08. The minimum absolute atomic E-state index is 0.00237. The number of likely N-dealkylation sites (tertiary alicyclic amines) is 6. The zero-order chi connectivity index (χ0) is 87.9. The van der Waals surface area contributed by atoms with Crippen LogP contribution in [0.5, 0.6) is 0 Å². The van der Waals surface area contributed by atoms with Crippen molar-refractivity contribution in [3.63, 3.8) is 0 Å². The van der Waals surface area contributed by atoms with Crippen molar-refractivity contribution in [2.45, 2.75) is 240 Å². The second kappa shape index (κ2) is 55.8. The van der Waals surface area contributed by atoms with E-state index in [0.29, 0.717) is 76.9 Å². The Morgan fingerprint density at radius 1 is 0.347 bits per heavy atom. The highest BCUT2D eigenvalue weighted by Gasteiger charge is 2.44. The normalized spacial score (nSPS) is 26.4. The van der Waals surface area contributed by atoms with E-state index < -0.39 is 140 Å². The summed E-state index contributed by atoms with van der Waals surface area (Å²) in [4.78, 5) is 157. The molecule has 9 unspecified atom stereocenters. The number of carbonyl (C=O) groups is 6. The van der Waals surface area contributed by atoms with Crippen molar-refractivity contribution in [2.75, 3.05) is 144 Å². The maximum atomic E-state index is 12.9. The van der Waals surface area contributed by atoms with E-state index in [1.165, 1.54) is 29.4 Å². The van der Waals surface area contributed by atoms with Crippen molar-refractivity contribution in [3.8, 4) is 0 Å². The number of hydrogen-bond acceptors (Lipinski definition) is 40. The number of rotatable bonds is 55. The van der Waals surface area contributed by atoms with Crippen LogP contribution in [0.2, 0.25) is 0 Å². The van der Waals surface area contributed by atoms with Gasteiger partial charge in [-0.15, -0.1) is 0 Å². The molecule has 0 bridgehead atoms. The van der Waals surface area contributed by atoms with E-state index >= 15 is 0 Å². The van der Waals surface area contributed by atoms with Gasteiger partial charge < -0.3 is 151 Å². The van der Waals surface area contributed by atoms with E-state index in [1.807, 2.05) is 6.92 Å². The van der Waals surface area contributed by atoms with Crippen molar-refractivity contribution in [2.24, 2.45) is 22.9 Å². The lowest BCUT2D eigenvalue weighted by Gasteiger charge is -2.30. The molecule has 0 spiro atoms. The van der Waals surface area contributed by atoms with Crippen molar-refractivity contribution >= 4 is 117 Å². The van der Waals surface area contributed by atoms with Gasteiger partial charge in [0.05, 0.1) is 113 Å². The first-order chi connectivity index (χ1) is 55.7. The molecule has 6 heterocycles. The predicted molar refractivity (Wildman–Crippen MR) is 424 cm³/mol. The molecule has 6 rings (SSSR count). The molecular weight excluding hydrogens is 1740 g/mol. The zero-order valence-electron chi connectivity index (χ0n) is 67.6. The number of phosphoric acid groups is 6. The summed E-state index contributed by atoms with van der Waals surface area (Å²) in [5, 5.41) is 30.1. The van der Waals surface area contributed by atoms with Gasteiger partial charge in [-0.25, -0.2) is 0 Å². The average Bonchev–Trinajstić information content (AvgIpc) is 1.69. The fourth-order valence-corrected chi connectivity index (χ4v) is 20.1. The monoisotopic (exact) mass is 1870 g/mol. The molecule has 6 saturated heterocycles. The van der Waals surface area contributed by atoms with Gasteiger partial charge in [-0.3, -0.25) is 56.2 Å². The van der Waals surface area contributed by atoms with Crippen molar-refractivity contribution in [1.82, 2.24) is 29.4 Å². The minimum atomic E-state index is -4.90. The van der Waals surface area contributed by atoms with Crippen LogP contribution in [0.4, 0.5) is 0 Å². The summed E-state index contributed by atoms with van der Waals surface area (Å²) in [7, 11) is -22.2. The van der Waals surface area contributed by atoms with Crippen LogP contribution in [-0.2, 0) is 110 Å². The number of β-amino-alcohol motifs (C(OH)–C–C–N with tert-alkyl or cyclic N) is 3. The lowest BCUT2D eigenvalue weighted by molar-refractivity contribution is -0.231. The molecule has 0 aromatic rings. The molecule has 0 radical (unpaired) electrons. The van der Waals surface area contributed by atoms with Gasteiger partial charge in [0.25, 0.3) is 46.9 Å². The number of phosphoric ester groups is 6. The Kier molecular flexibility index (Phi) is 51.3. The Balaban J connectivity index is 0.000000373. The Labute approximate surface area is 704 Å². The summed E-state index contributed by atoms with van der Waals surface area (Å²) in [6.45, 7) is 1.60. The molecule has 18 atom stereocenters. The van der Waals surface area contributed by atoms with Crippen LogP contribution in [0.25, 0.3) is 0 Å². The smallest absolute Gasteiger partial charge is 0.268 e. The zero-order valence-corrected chi connectivity index (χ0v) is 75.5. The van der Waals surface area contributed by atoms with Crippen LogP contribution < -0.4 is 52.3 Å². The number of thiol groups is 1. The Hall–Kier alpha value is -1.75. The predicted octanol–water partition coefficient (Wildman–Crippen LogP) is 0.230. The molecule has 6 fully saturated rings. The van der Waals surface area contributed by atoms with Gasteiger partial charge >= 0.3 is 0 Å². The number of aliphatic hydroxyl groups is 3. The molecular formula is C66H124N10O33P6S3-6. The van der Waals surface area contributed by atoms with Crippen LogP contribution in [0.15, 0.2) is 0 Å². The van der Waals surface area contributed by atoms with Gasteiger partial charge in [-0.1, -0.05) is 54.2 Å². The minimum Gasteiger partial charge on any atom is -0.756 e. The molecule has 6 amide bonds. The van der Waals surface area contributed by atoms with E-state index in [1.54, 1.807) is 21.6 Å². The third-order valence-corrected chi connectivity index (χ3v) is 28.4. The highest BCUT2D eigenvalue weighted by Crippen LogP contribution is 2.48. The van der Waals surface area contributed by atoms with Gasteiger partial charge in [0.1, 0.15) is 0 Å². The summed E-state index contributed by atoms with van der Waals surface area (Å²) < 4.78 is 131. The summed E-state index contributed by atoms with van der Waals surface area (Å²) in [6, 6.07) is -4.18. The first-order valence-corrected chi connectivity index (χ1v) is 51.5. The molecule has 690 valence electrons. The highest BCUT2D eigenvalue weighted by atomic mass is 33.1. The Morgan fingerprint density at radius 3 is 0.856 bits per heavy atom. The Morgan fingerprint density at radius 2 is 0.593 bits per heavy atom.